The standard InChI is InChI=1S/C29H43NO3/c1-28-15-13-23-22-14-16-29(32,19-33-2)17-21(22)11-12-24(23)25(28)9-6-10-26(28)27(31)30-18-20-7-4-3-5-8-20/h3-5,7-8,21-26,32H,6,9-19H2,1-2H3,(H,30,31)/t21-,22-,23+,24+,25-,26+,28-,29+/m0/s1. The summed E-state index contributed by atoms with van der Waals surface area (Å²) in [6, 6.07) is 10.3. The predicted molar refractivity (Wildman–Crippen MR) is 130 cm³/mol. The minimum absolute atomic E-state index is 0.137. The first-order valence-electron chi connectivity index (χ1n) is 13.5. The Morgan fingerprint density at radius 2 is 1.82 bits per heavy atom. The van der Waals surface area contributed by atoms with Crippen LogP contribution in [0.3, 0.4) is 0 Å². The van der Waals surface area contributed by atoms with Crippen molar-refractivity contribution in [2.75, 3.05) is 13.7 Å². The molecule has 4 saturated carbocycles. The van der Waals surface area contributed by atoms with Crippen molar-refractivity contribution in [1.82, 2.24) is 5.32 Å². The molecule has 1 amide bonds. The molecular weight excluding hydrogens is 410 g/mol. The van der Waals surface area contributed by atoms with E-state index in [1.807, 2.05) is 18.2 Å². The van der Waals surface area contributed by atoms with Crippen molar-refractivity contribution >= 4 is 5.91 Å². The van der Waals surface area contributed by atoms with Crippen LogP contribution in [0.15, 0.2) is 30.3 Å². The first-order valence-corrected chi connectivity index (χ1v) is 13.5. The van der Waals surface area contributed by atoms with Crippen LogP contribution in [0.2, 0.25) is 0 Å². The fraction of sp³-hybridized carbons (Fsp3) is 0.759. The van der Waals surface area contributed by atoms with Gasteiger partial charge in [0.1, 0.15) is 0 Å². The van der Waals surface area contributed by atoms with E-state index in [2.05, 4.69) is 24.4 Å². The van der Waals surface area contributed by atoms with Gasteiger partial charge in [-0.1, -0.05) is 43.7 Å². The molecule has 0 aliphatic heterocycles. The highest BCUT2D eigenvalue weighted by atomic mass is 16.5. The highest BCUT2D eigenvalue weighted by molar-refractivity contribution is 5.79. The Morgan fingerprint density at radius 1 is 1.03 bits per heavy atom. The van der Waals surface area contributed by atoms with Crippen molar-refractivity contribution in [1.29, 1.82) is 0 Å². The van der Waals surface area contributed by atoms with E-state index in [0.717, 1.165) is 43.4 Å². The number of ether oxygens (including phenoxy) is 1. The number of rotatable bonds is 5. The molecule has 1 aromatic rings. The van der Waals surface area contributed by atoms with Crippen molar-refractivity contribution in [2.24, 2.45) is 40.9 Å². The van der Waals surface area contributed by atoms with E-state index in [4.69, 9.17) is 4.74 Å². The molecule has 0 spiro atoms. The third-order valence-corrected chi connectivity index (χ3v) is 10.4. The molecule has 5 rings (SSSR count). The van der Waals surface area contributed by atoms with Crippen LogP contribution in [0.5, 0.6) is 0 Å². The molecule has 1 aromatic carbocycles. The summed E-state index contributed by atoms with van der Waals surface area (Å²) in [6.07, 6.45) is 11.5. The van der Waals surface area contributed by atoms with Gasteiger partial charge >= 0.3 is 0 Å². The lowest BCUT2D eigenvalue weighted by Gasteiger charge is -2.60. The minimum Gasteiger partial charge on any atom is -0.387 e. The fourth-order valence-electron chi connectivity index (χ4n) is 8.90. The van der Waals surface area contributed by atoms with Crippen molar-refractivity contribution in [3.63, 3.8) is 0 Å². The smallest absolute Gasteiger partial charge is 0.223 e. The van der Waals surface area contributed by atoms with Crippen LogP contribution < -0.4 is 5.32 Å². The number of fused-ring (bicyclic) bond motifs is 5. The van der Waals surface area contributed by atoms with Gasteiger partial charge in [0.05, 0.1) is 12.2 Å². The third kappa shape index (κ3) is 4.38. The Kier molecular flexibility index (Phi) is 6.61. The van der Waals surface area contributed by atoms with Gasteiger partial charge in [0.2, 0.25) is 5.91 Å². The number of amides is 1. The number of carbonyl (C=O) groups excluding carboxylic acids is 1. The minimum atomic E-state index is -0.612. The van der Waals surface area contributed by atoms with Crippen LogP contribution >= 0.6 is 0 Å². The van der Waals surface area contributed by atoms with Gasteiger partial charge in [-0.15, -0.1) is 0 Å². The monoisotopic (exact) mass is 453 g/mol. The van der Waals surface area contributed by atoms with Gasteiger partial charge in [-0.25, -0.2) is 0 Å². The molecule has 4 nitrogen and oxygen atoms in total. The maximum Gasteiger partial charge on any atom is 0.223 e. The molecule has 0 heterocycles. The Bertz CT molecular complexity index is 827. The number of nitrogens with one attached hydrogen (secondary N) is 1. The number of hydrogen-bond acceptors (Lipinski definition) is 3. The first-order chi connectivity index (χ1) is 15.9. The molecule has 0 bridgehead atoms. The van der Waals surface area contributed by atoms with Gasteiger partial charge in [-0.05, 0) is 98.4 Å². The van der Waals surface area contributed by atoms with Crippen molar-refractivity contribution in [3.05, 3.63) is 35.9 Å². The lowest BCUT2D eigenvalue weighted by molar-refractivity contribution is -0.154. The molecule has 182 valence electrons. The quantitative estimate of drug-likeness (QED) is 0.633. The van der Waals surface area contributed by atoms with Crippen LogP contribution in [0.1, 0.15) is 76.7 Å². The topological polar surface area (TPSA) is 58.6 Å². The van der Waals surface area contributed by atoms with Crippen LogP contribution in [-0.2, 0) is 16.1 Å². The summed E-state index contributed by atoms with van der Waals surface area (Å²) >= 11 is 0. The number of methoxy groups -OCH3 is 1. The van der Waals surface area contributed by atoms with Crippen LogP contribution in [-0.4, -0.2) is 30.3 Å². The largest absolute Gasteiger partial charge is 0.387 e. The maximum atomic E-state index is 13.4. The normalized spacial score (nSPS) is 42.5. The summed E-state index contributed by atoms with van der Waals surface area (Å²) < 4.78 is 5.35. The molecule has 4 fully saturated rings. The van der Waals surface area contributed by atoms with Crippen molar-refractivity contribution < 1.29 is 14.6 Å². The van der Waals surface area contributed by atoms with E-state index in [-0.39, 0.29) is 17.2 Å². The zero-order valence-electron chi connectivity index (χ0n) is 20.6. The molecule has 2 N–H and O–H groups in total. The second kappa shape index (κ2) is 9.34. The Morgan fingerprint density at radius 3 is 2.61 bits per heavy atom. The van der Waals surface area contributed by atoms with E-state index in [1.165, 1.54) is 44.1 Å². The second-order valence-electron chi connectivity index (χ2n) is 12.1. The average Bonchev–Trinajstić information content (AvgIpc) is 2.82. The zero-order valence-corrected chi connectivity index (χ0v) is 20.6. The van der Waals surface area contributed by atoms with Gasteiger partial charge in [-0.3, -0.25) is 4.79 Å². The Balaban J connectivity index is 1.27. The molecule has 8 atom stereocenters. The Labute approximate surface area is 199 Å². The molecule has 0 unspecified atom stereocenters. The van der Waals surface area contributed by atoms with E-state index in [1.54, 1.807) is 7.11 Å². The summed E-state index contributed by atoms with van der Waals surface area (Å²) in [5.41, 5.74) is 0.702. The first kappa shape index (κ1) is 23.4. The van der Waals surface area contributed by atoms with Gasteiger partial charge in [0.15, 0.2) is 0 Å². The molecule has 0 saturated heterocycles. The third-order valence-electron chi connectivity index (χ3n) is 10.4. The molecule has 0 aromatic heterocycles. The van der Waals surface area contributed by atoms with Crippen LogP contribution in [0.25, 0.3) is 0 Å². The fourth-order valence-corrected chi connectivity index (χ4v) is 8.90. The average molecular weight is 454 g/mol. The molecule has 33 heavy (non-hydrogen) atoms. The summed E-state index contributed by atoms with van der Waals surface area (Å²) in [7, 11) is 1.71. The number of carbonyl (C=O) groups is 1. The second-order valence-corrected chi connectivity index (χ2v) is 12.1. The highest BCUT2D eigenvalue weighted by Gasteiger charge is 2.57. The maximum absolute atomic E-state index is 13.4. The lowest BCUT2D eigenvalue weighted by atomic mass is 9.45. The van der Waals surface area contributed by atoms with Gasteiger partial charge in [-0.2, -0.15) is 0 Å². The van der Waals surface area contributed by atoms with Gasteiger partial charge in [0, 0.05) is 19.6 Å². The lowest BCUT2D eigenvalue weighted by Crippen LogP contribution is -2.56. The number of hydrogen-bond donors (Lipinski definition) is 2. The number of benzene rings is 1. The van der Waals surface area contributed by atoms with E-state index >= 15 is 0 Å². The summed E-state index contributed by atoms with van der Waals surface area (Å²) in [6.45, 7) is 3.56. The molecule has 4 aliphatic rings. The molecule has 0 radical (unpaired) electrons. The van der Waals surface area contributed by atoms with Crippen LogP contribution in [0, 0.1) is 40.9 Å². The van der Waals surface area contributed by atoms with Gasteiger partial charge < -0.3 is 15.2 Å². The van der Waals surface area contributed by atoms with E-state index < -0.39 is 5.60 Å². The van der Waals surface area contributed by atoms with Crippen molar-refractivity contribution in [2.45, 2.75) is 83.3 Å². The summed E-state index contributed by atoms with van der Waals surface area (Å²) in [4.78, 5) is 13.4. The molecular formula is C29H43NO3. The number of aliphatic hydroxyl groups is 1. The zero-order chi connectivity index (χ0) is 23.1. The van der Waals surface area contributed by atoms with E-state index in [0.29, 0.717) is 25.0 Å². The highest BCUT2D eigenvalue weighted by Crippen LogP contribution is 2.63. The van der Waals surface area contributed by atoms with Gasteiger partial charge in [0.25, 0.3) is 0 Å². The summed E-state index contributed by atoms with van der Waals surface area (Å²) in [5.74, 6) is 4.08. The summed E-state index contributed by atoms with van der Waals surface area (Å²) in [5, 5.41) is 14.3. The Hall–Kier alpha value is -1.39. The van der Waals surface area contributed by atoms with Crippen LogP contribution in [0.4, 0.5) is 0 Å². The molecule has 4 aliphatic carbocycles. The SMILES string of the molecule is COC[C@@]1(O)CC[C@H]2[C@@H](CC[C@@H]3[C@@H]2CC[C@]2(C)[C@@H](C(=O)NCc4ccccc4)CCC[C@@H]32)C1. The van der Waals surface area contributed by atoms with Crippen molar-refractivity contribution in [3.8, 4) is 0 Å². The van der Waals surface area contributed by atoms with E-state index in [9.17, 15) is 9.90 Å². The molecule has 4 heteroatoms. The predicted octanol–water partition coefficient (Wildman–Crippen LogP) is 5.34.